The number of nitrogens with zero attached hydrogens (tertiary/aromatic N) is 2. The molecule has 0 amide bonds. The van der Waals surface area contributed by atoms with Crippen LogP contribution in [0.25, 0.3) is 16.9 Å². The van der Waals surface area contributed by atoms with E-state index in [1.807, 2.05) is 82.8 Å². The molecule has 1 atom stereocenters. The van der Waals surface area contributed by atoms with Crippen molar-refractivity contribution in [2.45, 2.75) is 19.9 Å². The van der Waals surface area contributed by atoms with Gasteiger partial charge in [0.25, 0.3) is 6.30 Å². The molecule has 0 saturated heterocycles. The summed E-state index contributed by atoms with van der Waals surface area (Å²) in [5.41, 5.74) is 6.84. The standard InChI is InChI=1S/C24H21N2/c1-17-10-6-9-15-22(17)25-16-26-23(18(25)2)20-13-7-8-14-21(20)24(26)19-11-4-3-5-12-19/h3-16,24H,1-2H3/q+1/i16D,24D. The zero-order valence-corrected chi connectivity index (χ0v) is 14.9. The highest BCUT2D eigenvalue weighted by molar-refractivity contribution is 5.72. The topological polar surface area (TPSA) is 8.81 Å². The number of rotatable bonds is 2. The second-order valence-electron chi connectivity index (χ2n) is 6.75. The molecule has 2 nitrogen and oxygen atoms in total. The van der Waals surface area contributed by atoms with Gasteiger partial charge in [0.05, 0.1) is 1.37 Å². The third-order valence-electron chi connectivity index (χ3n) is 5.17. The first-order chi connectivity index (χ1) is 13.5. The molecule has 0 spiro atoms. The highest BCUT2D eigenvalue weighted by Gasteiger charge is 2.38. The van der Waals surface area contributed by atoms with E-state index in [4.69, 9.17) is 1.37 Å². The van der Waals surface area contributed by atoms with Crippen molar-refractivity contribution in [3.8, 4) is 16.9 Å². The lowest BCUT2D eigenvalue weighted by atomic mass is 9.97. The molecule has 0 N–H and O–H groups in total. The third-order valence-corrected chi connectivity index (χ3v) is 5.17. The largest absolute Gasteiger partial charge is 0.250 e. The molecule has 126 valence electrons. The van der Waals surface area contributed by atoms with Crippen LogP contribution >= 0.6 is 0 Å². The van der Waals surface area contributed by atoms with Gasteiger partial charge in [-0.1, -0.05) is 72.8 Å². The number of aryl methyl sites for hydroxylation is 1. The van der Waals surface area contributed by atoms with Gasteiger partial charge in [0.1, 0.15) is 5.69 Å². The van der Waals surface area contributed by atoms with Gasteiger partial charge in [0.15, 0.2) is 18.8 Å². The summed E-state index contributed by atoms with van der Waals surface area (Å²) in [6.45, 7) is 4.10. The highest BCUT2D eigenvalue weighted by Crippen LogP contribution is 2.43. The van der Waals surface area contributed by atoms with Crippen molar-refractivity contribution >= 4 is 0 Å². The summed E-state index contributed by atoms with van der Waals surface area (Å²) in [6, 6.07) is 24.8. The summed E-state index contributed by atoms with van der Waals surface area (Å²) in [7, 11) is 0. The Morgan fingerprint density at radius 2 is 1.58 bits per heavy atom. The molecular formula is C24H21N2+. The van der Waals surface area contributed by atoms with Gasteiger partial charge in [0.2, 0.25) is 0 Å². The van der Waals surface area contributed by atoms with E-state index >= 15 is 0 Å². The molecule has 0 aliphatic carbocycles. The first kappa shape index (κ1) is 13.1. The van der Waals surface area contributed by atoms with Gasteiger partial charge in [0, 0.05) is 23.6 Å². The molecule has 26 heavy (non-hydrogen) atoms. The second-order valence-corrected chi connectivity index (χ2v) is 6.75. The van der Waals surface area contributed by atoms with E-state index in [0.717, 1.165) is 39.3 Å². The lowest BCUT2D eigenvalue weighted by molar-refractivity contribution is -0.602. The second kappa shape index (κ2) is 5.70. The summed E-state index contributed by atoms with van der Waals surface area (Å²) in [4.78, 5) is 0. The average Bonchev–Trinajstić information content (AvgIpc) is 3.15. The maximum Gasteiger partial charge on any atom is 0.250 e. The van der Waals surface area contributed by atoms with Crippen molar-refractivity contribution < 1.29 is 7.31 Å². The number of benzene rings is 3. The Labute approximate surface area is 156 Å². The zero-order chi connectivity index (χ0) is 19.5. The molecule has 1 aliphatic rings. The van der Waals surface area contributed by atoms with Crippen LogP contribution in [0.15, 0.2) is 85.2 Å². The quantitative estimate of drug-likeness (QED) is 0.455. The molecule has 2 heteroatoms. The fourth-order valence-electron chi connectivity index (χ4n) is 3.92. The van der Waals surface area contributed by atoms with Crippen LogP contribution in [0.5, 0.6) is 0 Å². The molecule has 4 aromatic rings. The number of fused-ring (bicyclic) bond motifs is 3. The fraction of sp³-hybridized carbons (Fsp3) is 0.125. The van der Waals surface area contributed by atoms with Gasteiger partial charge < -0.3 is 0 Å². The van der Waals surface area contributed by atoms with Gasteiger partial charge in [-0.25, -0.2) is 4.57 Å². The van der Waals surface area contributed by atoms with Crippen molar-refractivity contribution in [1.29, 1.82) is 0 Å². The van der Waals surface area contributed by atoms with Crippen LogP contribution in [0.4, 0.5) is 0 Å². The summed E-state index contributed by atoms with van der Waals surface area (Å²) >= 11 is 0. The van der Waals surface area contributed by atoms with Gasteiger partial charge in [-0.15, -0.1) is 0 Å². The van der Waals surface area contributed by atoms with Crippen LogP contribution in [-0.4, -0.2) is 4.57 Å². The minimum atomic E-state index is -1.16. The summed E-state index contributed by atoms with van der Waals surface area (Å²) in [5.74, 6) is 0. The highest BCUT2D eigenvalue weighted by atomic mass is 15.2. The van der Waals surface area contributed by atoms with Gasteiger partial charge in [-0.3, -0.25) is 0 Å². The number of aromatic nitrogens is 2. The van der Waals surface area contributed by atoms with E-state index in [-0.39, 0.29) is 0 Å². The van der Waals surface area contributed by atoms with E-state index in [0.29, 0.717) is 6.30 Å². The SMILES string of the molecule is [2H]c1n2c(c(C)[n+]1-c1ccccc1C)-c1ccccc1C2([2H])c1ccccc1. The van der Waals surface area contributed by atoms with Crippen LogP contribution in [0.1, 0.15) is 31.1 Å². The van der Waals surface area contributed by atoms with E-state index in [2.05, 4.69) is 19.1 Å². The predicted molar refractivity (Wildman–Crippen MR) is 105 cm³/mol. The first-order valence-corrected chi connectivity index (χ1v) is 8.91. The maximum absolute atomic E-state index is 9.58. The summed E-state index contributed by atoms with van der Waals surface area (Å²) < 4.78 is 22.5. The molecule has 2 heterocycles. The van der Waals surface area contributed by atoms with E-state index in [9.17, 15) is 1.37 Å². The molecule has 0 saturated carbocycles. The monoisotopic (exact) mass is 339 g/mol. The zero-order valence-electron chi connectivity index (χ0n) is 16.9. The number of para-hydroxylation sites is 1. The Morgan fingerprint density at radius 3 is 2.38 bits per heavy atom. The van der Waals surface area contributed by atoms with Crippen LogP contribution in [-0.2, 0) is 0 Å². The molecule has 1 aromatic heterocycles. The van der Waals surface area contributed by atoms with Crippen molar-refractivity contribution in [3.05, 3.63) is 108 Å². The minimum Gasteiger partial charge on any atom is -0.218 e. The van der Waals surface area contributed by atoms with Crippen molar-refractivity contribution in [2.75, 3.05) is 0 Å². The Bertz CT molecular complexity index is 1210. The predicted octanol–water partition coefficient (Wildman–Crippen LogP) is 5.00. The van der Waals surface area contributed by atoms with Crippen LogP contribution in [0.3, 0.4) is 0 Å². The molecule has 0 bridgehead atoms. The van der Waals surface area contributed by atoms with Gasteiger partial charge in [-0.05, 0) is 18.6 Å². The third kappa shape index (κ3) is 2.08. The van der Waals surface area contributed by atoms with Crippen molar-refractivity contribution in [2.24, 2.45) is 0 Å². The van der Waals surface area contributed by atoms with Crippen LogP contribution < -0.4 is 4.57 Å². The van der Waals surface area contributed by atoms with E-state index in [1.165, 1.54) is 0 Å². The molecule has 1 unspecified atom stereocenters. The van der Waals surface area contributed by atoms with Crippen molar-refractivity contribution in [1.82, 2.24) is 4.57 Å². The Balaban J connectivity index is 1.90. The smallest absolute Gasteiger partial charge is 0.218 e. The van der Waals surface area contributed by atoms with Crippen molar-refractivity contribution in [3.63, 3.8) is 0 Å². The van der Waals surface area contributed by atoms with Crippen LogP contribution in [0, 0.1) is 13.8 Å². The molecule has 0 radical (unpaired) electrons. The molecule has 5 rings (SSSR count). The molecular weight excluding hydrogens is 316 g/mol. The molecule has 3 aromatic carbocycles. The maximum atomic E-state index is 9.58. The lowest BCUT2D eigenvalue weighted by Crippen LogP contribution is -2.33. The first-order valence-electron chi connectivity index (χ1n) is 9.91. The van der Waals surface area contributed by atoms with Gasteiger partial charge >= 0.3 is 0 Å². The fourth-order valence-corrected chi connectivity index (χ4v) is 3.92. The normalized spacial score (nSPS) is 18.8. The number of imidazole rings is 1. The number of hydrogen-bond donors (Lipinski definition) is 0. The molecule has 1 aliphatic heterocycles. The summed E-state index contributed by atoms with van der Waals surface area (Å²) in [6.07, 6.45) is 0.317. The minimum absolute atomic E-state index is 0.317. The van der Waals surface area contributed by atoms with Crippen LogP contribution in [0.2, 0.25) is 0 Å². The van der Waals surface area contributed by atoms with E-state index in [1.54, 1.807) is 0 Å². The Hall–Kier alpha value is -3.13. The van der Waals surface area contributed by atoms with Gasteiger partial charge in [-0.2, -0.15) is 4.57 Å². The van der Waals surface area contributed by atoms with E-state index < -0.39 is 6.02 Å². The lowest BCUT2D eigenvalue weighted by Gasteiger charge is -2.11. The average molecular weight is 339 g/mol. The summed E-state index contributed by atoms with van der Waals surface area (Å²) in [5, 5.41) is 0. The Kier molecular flexibility index (Phi) is 2.88. The Morgan fingerprint density at radius 1 is 0.885 bits per heavy atom. The molecule has 0 fully saturated rings. The number of hydrogen-bond acceptors (Lipinski definition) is 0.